The molecule has 1 N–H and O–H groups in total. The van der Waals surface area contributed by atoms with E-state index in [-0.39, 0.29) is 21.4 Å². The van der Waals surface area contributed by atoms with Crippen LogP contribution >= 0.6 is 11.3 Å². The van der Waals surface area contributed by atoms with Gasteiger partial charge in [0, 0.05) is 32.6 Å². The van der Waals surface area contributed by atoms with E-state index in [1.54, 1.807) is 0 Å². The van der Waals surface area contributed by atoms with Crippen LogP contribution in [0.25, 0.3) is 0 Å². The number of piperazine rings is 1. The summed E-state index contributed by atoms with van der Waals surface area (Å²) in [6, 6.07) is -0.119. The van der Waals surface area contributed by atoms with Crippen LogP contribution in [-0.4, -0.2) is 66.5 Å². The molecule has 0 spiro atoms. The molecule has 1 amide bonds. The third-order valence-corrected chi connectivity index (χ3v) is 6.19. The van der Waals surface area contributed by atoms with Gasteiger partial charge in [0.25, 0.3) is 10.0 Å². The second kappa shape index (κ2) is 5.72. The lowest BCUT2D eigenvalue weighted by molar-refractivity contribution is -0.114. The Bertz CT molecular complexity index is 600. The molecule has 1 atom stereocenters. The zero-order chi connectivity index (χ0) is 14.9. The van der Waals surface area contributed by atoms with Gasteiger partial charge < -0.3 is 10.2 Å². The van der Waals surface area contributed by atoms with Gasteiger partial charge in [-0.05, 0) is 14.0 Å². The molecular weight excluding hydrogens is 302 g/mol. The fourth-order valence-electron chi connectivity index (χ4n) is 2.10. The van der Waals surface area contributed by atoms with Gasteiger partial charge in [0.15, 0.2) is 0 Å². The molecule has 0 bridgehead atoms. The normalized spacial score (nSPS) is 21.9. The Kier molecular flexibility index (Phi) is 4.37. The van der Waals surface area contributed by atoms with Crippen LogP contribution in [0, 0.1) is 0 Å². The SMILES string of the molecule is CC(=O)Nc1nnc(S(=O)(=O)N2CCN(C)CC2C)s1. The van der Waals surface area contributed by atoms with E-state index in [1.165, 1.54) is 11.2 Å². The molecule has 0 radical (unpaired) electrons. The number of sulfonamides is 1. The molecule has 1 aromatic heterocycles. The maximum Gasteiger partial charge on any atom is 0.272 e. The summed E-state index contributed by atoms with van der Waals surface area (Å²) in [5.74, 6) is -0.307. The largest absolute Gasteiger partial charge is 0.303 e. The van der Waals surface area contributed by atoms with E-state index in [0.29, 0.717) is 19.6 Å². The molecule has 0 aromatic carbocycles. The van der Waals surface area contributed by atoms with Gasteiger partial charge in [0.1, 0.15) is 0 Å². The van der Waals surface area contributed by atoms with Gasteiger partial charge in [-0.2, -0.15) is 4.31 Å². The van der Waals surface area contributed by atoms with Crippen LogP contribution in [-0.2, 0) is 14.8 Å². The van der Waals surface area contributed by atoms with Crippen LogP contribution in [0.15, 0.2) is 4.34 Å². The topological polar surface area (TPSA) is 95.5 Å². The summed E-state index contributed by atoms with van der Waals surface area (Å²) in [6.45, 7) is 4.98. The van der Waals surface area contributed by atoms with Gasteiger partial charge in [-0.3, -0.25) is 4.79 Å². The molecule has 8 nitrogen and oxygen atoms in total. The van der Waals surface area contributed by atoms with Crippen LogP contribution in [0.5, 0.6) is 0 Å². The van der Waals surface area contributed by atoms with Crippen molar-refractivity contribution in [3.05, 3.63) is 0 Å². The second-order valence-electron chi connectivity index (χ2n) is 4.78. The van der Waals surface area contributed by atoms with Gasteiger partial charge in [0.2, 0.25) is 15.4 Å². The number of anilines is 1. The number of carbonyl (C=O) groups excluding carboxylic acids is 1. The summed E-state index contributed by atoms with van der Waals surface area (Å²) in [5.41, 5.74) is 0. The molecule has 112 valence electrons. The number of hydrogen-bond acceptors (Lipinski definition) is 7. The maximum atomic E-state index is 12.5. The minimum absolute atomic E-state index is 0.0855. The molecule has 0 aliphatic carbocycles. The summed E-state index contributed by atoms with van der Waals surface area (Å²) < 4.78 is 26.4. The maximum absolute atomic E-state index is 12.5. The summed E-state index contributed by atoms with van der Waals surface area (Å²) >= 11 is 0.867. The highest BCUT2D eigenvalue weighted by Gasteiger charge is 2.35. The number of rotatable bonds is 3. The smallest absolute Gasteiger partial charge is 0.272 e. The number of nitrogens with zero attached hydrogens (tertiary/aromatic N) is 4. The number of likely N-dealkylation sites (N-methyl/N-ethyl adjacent to an activating group) is 1. The minimum Gasteiger partial charge on any atom is -0.303 e. The van der Waals surface area contributed by atoms with Gasteiger partial charge in [-0.1, -0.05) is 11.3 Å². The van der Waals surface area contributed by atoms with Crippen molar-refractivity contribution in [3.8, 4) is 0 Å². The molecule has 1 aliphatic heterocycles. The lowest BCUT2D eigenvalue weighted by Crippen LogP contribution is -2.52. The fourth-order valence-corrected chi connectivity index (χ4v) is 4.77. The van der Waals surface area contributed by atoms with Crippen molar-refractivity contribution in [1.29, 1.82) is 0 Å². The Balaban J connectivity index is 2.21. The van der Waals surface area contributed by atoms with Crippen molar-refractivity contribution in [2.24, 2.45) is 0 Å². The fraction of sp³-hybridized carbons (Fsp3) is 0.700. The first kappa shape index (κ1) is 15.3. The number of carbonyl (C=O) groups is 1. The minimum atomic E-state index is -3.65. The molecule has 2 rings (SSSR count). The van der Waals surface area contributed by atoms with Crippen molar-refractivity contribution >= 4 is 32.4 Å². The predicted octanol–water partition coefficient (Wildman–Crippen LogP) is -0.179. The summed E-state index contributed by atoms with van der Waals surface area (Å²) in [7, 11) is -1.69. The van der Waals surface area contributed by atoms with Crippen LogP contribution in [0.3, 0.4) is 0 Å². The Morgan fingerprint density at radius 3 is 2.70 bits per heavy atom. The van der Waals surface area contributed by atoms with Gasteiger partial charge in [-0.15, -0.1) is 10.2 Å². The Morgan fingerprint density at radius 2 is 2.10 bits per heavy atom. The van der Waals surface area contributed by atoms with Gasteiger partial charge >= 0.3 is 0 Å². The monoisotopic (exact) mass is 319 g/mol. The van der Waals surface area contributed by atoms with Crippen molar-refractivity contribution in [2.75, 3.05) is 32.0 Å². The molecule has 2 heterocycles. The van der Waals surface area contributed by atoms with E-state index >= 15 is 0 Å². The summed E-state index contributed by atoms with van der Waals surface area (Å²) in [5, 5.41) is 9.98. The van der Waals surface area contributed by atoms with E-state index in [0.717, 1.165) is 11.3 Å². The highest BCUT2D eigenvalue weighted by molar-refractivity contribution is 7.91. The first-order chi connectivity index (χ1) is 9.30. The lowest BCUT2D eigenvalue weighted by Gasteiger charge is -2.36. The second-order valence-corrected chi connectivity index (χ2v) is 7.82. The van der Waals surface area contributed by atoms with Gasteiger partial charge in [0.05, 0.1) is 0 Å². The Morgan fingerprint density at radius 1 is 1.40 bits per heavy atom. The summed E-state index contributed by atoms with van der Waals surface area (Å²) in [6.07, 6.45) is 0. The van der Waals surface area contributed by atoms with E-state index in [2.05, 4.69) is 20.4 Å². The van der Waals surface area contributed by atoms with Crippen molar-refractivity contribution in [3.63, 3.8) is 0 Å². The van der Waals surface area contributed by atoms with Crippen molar-refractivity contribution in [2.45, 2.75) is 24.2 Å². The molecule has 1 aliphatic rings. The Labute approximate surface area is 121 Å². The van der Waals surface area contributed by atoms with Crippen molar-refractivity contribution < 1.29 is 13.2 Å². The van der Waals surface area contributed by atoms with E-state index < -0.39 is 10.0 Å². The first-order valence-electron chi connectivity index (χ1n) is 6.12. The number of hydrogen-bond donors (Lipinski definition) is 1. The third kappa shape index (κ3) is 3.14. The molecule has 1 unspecified atom stereocenters. The van der Waals surface area contributed by atoms with Crippen molar-refractivity contribution in [1.82, 2.24) is 19.4 Å². The molecular formula is C10H17N5O3S2. The number of nitrogens with one attached hydrogen (secondary N) is 1. The highest BCUT2D eigenvalue weighted by atomic mass is 32.2. The summed E-state index contributed by atoms with van der Waals surface area (Å²) in [4.78, 5) is 13.0. The quantitative estimate of drug-likeness (QED) is 0.777. The molecule has 1 aromatic rings. The Hall–Kier alpha value is -1.10. The standard InChI is InChI=1S/C10H17N5O3S2/c1-7-6-14(3)4-5-15(7)20(17,18)10-13-12-9(19-10)11-8(2)16/h7H,4-6H2,1-3H3,(H,11,12,16). The van der Waals surface area contributed by atoms with E-state index in [1.807, 2.05) is 14.0 Å². The molecule has 20 heavy (non-hydrogen) atoms. The van der Waals surface area contributed by atoms with Gasteiger partial charge in [-0.25, -0.2) is 8.42 Å². The van der Waals surface area contributed by atoms with E-state index in [9.17, 15) is 13.2 Å². The average molecular weight is 319 g/mol. The van der Waals surface area contributed by atoms with Crippen LogP contribution < -0.4 is 5.32 Å². The zero-order valence-corrected chi connectivity index (χ0v) is 13.2. The lowest BCUT2D eigenvalue weighted by atomic mass is 10.2. The molecule has 0 saturated carbocycles. The first-order valence-corrected chi connectivity index (χ1v) is 8.38. The van der Waals surface area contributed by atoms with Crippen LogP contribution in [0.2, 0.25) is 0 Å². The van der Waals surface area contributed by atoms with Crippen LogP contribution in [0.4, 0.5) is 5.13 Å². The predicted molar refractivity (Wildman–Crippen MR) is 75.1 cm³/mol. The molecule has 1 saturated heterocycles. The van der Waals surface area contributed by atoms with E-state index in [4.69, 9.17) is 0 Å². The third-order valence-electron chi connectivity index (χ3n) is 2.99. The number of aromatic nitrogens is 2. The highest BCUT2D eigenvalue weighted by Crippen LogP contribution is 2.25. The molecule has 1 fully saturated rings. The molecule has 10 heteroatoms. The van der Waals surface area contributed by atoms with Crippen LogP contribution in [0.1, 0.15) is 13.8 Å². The number of amides is 1. The average Bonchev–Trinajstić information content (AvgIpc) is 2.76. The zero-order valence-electron chi connectivity index (χ0n) is 11.5.